The Morgan fingerprint density at radius 1 is 1.48 bits per heavy atom. The molecule has 7 heteroatoms. The molecular weight excluding hydrogens is 338 g/mol. The Bertz CT molecular complexity index is 738. The van der Waals surface area contributed by atoms with Gasteiger partial charge in [-0.05, 0) is 30.5 Å². The highest BCUT2D eigenvalue weighted by molar-refractivity contribution is 7.98. The lowest BCUT2D eigenvalue weighted by molar-refractivity contribution is -0.0180. The summed E-state index contributed by atoms with van der Waals surface area (Å²) in [6, 6.07) is 6.92. The van der Waals surface area contributed by atoms with Gasteiger partial charge >= 0.3 is 5.97 Å². The van der Waals surface area contributed by atoms with Crippen LogP contribution in [0, 0.1) is 0 Å². The van der Waals surface area contributed by atoms with E-state index < -0.39 is 5.97 Å². The van der Waals surface area contributed by atoms with Crippen LogP contribution >= 0.6 is 23.4 Å². The summed E-state index contributed by atoms with van der Waals surface area (Å²) in [7, 11) is 0. The second kappa shape index (κ2) is 7.21. The predicted molar refractivity (Wildman–Crippen MR) is 86.9 cm³/mol. The molecule has 5 nitrogen and oxygen atoms in total. The molecule has 0 unspecified atom stereocenters. The van der Waals surface area contributed by atoms with Gasteiger partial charge in [0.2, 0.25) is 0 Å². The molecule has 0 amide bonds. The molecule has 0 spiro atoms. The number of carbonyl (C=O) groups is 1. The first kappa shape index (κ1) is 16.1. The van der Waals surface area contributed by atoms with Gasteiger partial charge in [-0.15, -0.1) is 11.8 Å². The molecule has 0 fully saturated rings. The Labute approximate surface area is 142 Å². The van der Waals surface area contributed by atoms with Gasteiger partial charge in [0.1, 0.15) is 17.4 Å². The van der Waals surface area contributed by atoms with E-state index in [1.54, 1.807) is 30.5 Å². The van der Waals surface area contributed by atoms with Crippen molar-refractivity contribution < 1.29 is 19.0 Å². The number of benzene rings is 1. The molecule has 23 heavy (non-hydrogen) atoms. The van der Waals surface area contributed by atoms with Crippen LogP contribution in [0.15, 0.2) is 35.5 Å². The summed E-state index contributed by atoms with van der Waals surface area (Å²) in [6.07, 6.45) is 3.50. The van der Waals surface area contributed by atoms with Crippen LogP contribution in [0.4, 0.5) is 0 Å². The minimum absolute atomic E-state index is 0.0739. The van der Waals surface area contributed by atoms with Crippen LogP contribution in [0.5, 0.6) is 5.75 Å². The van der Waals surface area contributed by atoms with Crippen LogP contribution in [0.25, 0.3) is 0 Å². The van der Waals surface area contributed by atoms with E-state index in [9.17, 15) is 4.79 Å². The lowest BCUT2D eigenvalue weighted by Crippen LogP contribution is -2.14. The summed E-state index contributed by atoms with van der Waals surface area (Å²) >= 11 is 7.49. The van der Waals surface area contributed by atoms with Gasteiger partial charge in [-0.3, -0.25) is 0 Å². The highest BCUT2D eigenvalue weighted by Gasteiger charge is 2.19. The van der Waals surface area contributed by atoms with Crippen molar-refractivity contribution in [3.05, 3.63) is 52.2 Å². The second-order valence-corrected chi connectivity index (χ2v) is 6.03. The Balaban J connectivity index is 1.78. The number of ether oxygens (including phenoxy) is 3. The largest absolute Gasteiger partial charge is 0.467 e. The maximum Gasteiger partial charge on any atom is 0.341 e. The van der Waals surface area contributed by atoms with Gasteiger partial charge in [0.15, 0.2) is 6.79 Å². The van der Waals surface area contributed by atoms with Crippen molar-refractivity contribution in [2.75, 3.05) is 13.0 Å². The average molecular weight is 352 g/mol. The molecule has 2 aromatic rings. The highest BCUT2D eigenvalue weighted by Crippen LogP contribution is 2.32. The van der Waals surface area contributed by atoms with E-state index in [2.05, 4.69) is 4.98 Å². The number of aromatic nitrogens is 1. The van der Waals surface area contributed by atoms with Gasteiger partial charge in [-0.1, -0.05) is 11.6 Å². The number of carbonyl (C=O) groups excluding carboxylic acids is 1. The quantitative estimate of drug-likeness (QED) is 0.618. The van der Waals surface area contributed by atoms with Gasteiger partial charge < -0.3 is 14.2 Å². The summed E-state index contributed by atoms with van der Waals surface area (Å²) < 4.78 is 16.1. The van der Waals surface area contributed by atoms with Crippen LogP contribution in [0.2, 0.25) is 5.02 Å². The summed E-state index contributed by atoms with van der Waals surface area (Å²) in [4.78, 5) is 16.4. The molecule has 0 radical (unpaired) electrons. The lowest BCUT2D eigenvalue weighted by Gasteiger charge is -2.21. The molecule has 0 N–H and O–H groups in total. The minimum Gasteiger partial charge on any atom is -0.467 e. The van der Waals surface area contributed by atoms with Crippen molar-refractivity contribution in [3.8, 4) is 5.75 Å². The van der Waals surface area contributed by atoms with Crippen LogP contribution in [-0.2, 0) is 22.7 Å². The number of fused-ring (bicyclic) bond motifs is 1. The van der Waals surface area contributed by atoms with E-state index in [4.69, 9.17) is 25.8 Å². The molecule has 120 valence electrons. The Hall–Kier alpha value is -1.76. The van der Waals surface area contributed by atoms with Crippen LogP contribution < -0.4 is 4.74 Å². The Kier molecular flexibility index (Phi) is 5.05. The normalized spacial score (nSPS) is 13.1. The SMILES string of the molecule is CSc1ncccc1C(=O)OCc1cc(Cl)cc2c1OCOC2. The molecule has 0 saturated heterocycles. The molecule has 0 saturated carbocycles. The van der Waals surface area contributed by atoms with Crippen molar-refractivity contribution in [1.82, 2.24) is 4.98 Å². The number of hydrogen-bond acceptors (Lipinski definition) is 6. The van der Waals surface area contributed by atoms with Crippen LogP contribution in [-0.4, -0.2) is 24.0 Å². The average Bonchev–Trinajstić information content (AvgIpc) is 2.59. The number of halogens is 1. The number of rotatable bonds is 4. The maximum atomic E-state index is 12.3. The summed E-state index contributed by atoms with van der Waals surface area (Å²) in [5.41, 5.74) is 2.01. The monoisotopic (exact) mass is 351 g/mol. The van der Waals surface area contributed by atoms with Crippen molar-refractivity contribution in [2.24, 2.45) is 0 Å². The third kappa shape index (κ3) is 3.60. The zero-order chi connectivity index (χ0) is 16.2. The first-order valence-corrected chi connectivity index (χ1v) is 8.47. The van der Waals surface area contributed by atoms with Gasteiger partial charge in [0.05, 0.1) is 12.2 Å². The van der Waals surface area contributed by atoms with Crippen molar-refractivity contribution in [1.29, 1.82) is 0 Å². The van der Waals surface area contributed by atoms with Crippen molar-refractivity contribution in [2.45, 2.75) is 18.2 Å². The van der Waals surface area contributed by atoms with Gasteiger partial charge in [-0.25, -0.2) is 9.78 Å². The molecular formula is C16H14ClNO4S. The lowest BCUT2D eigenvalue weighted by atomic mass is 10.1. The molecule has 1 aromatic carbocycles. The summed E-state index contributed by atoms with van der Waals surface area (Å²) in [6.45, 7) is 0.676. The highest BCUT2D eigenvalue weighted by atomic mass is 35.5. The first-order valence-electron chi connectivity index (χ1n) is 6.87. The minimum atomic E-state index is -0.428. The van der Waals surface area contributed by atoms with Crippen LogP contribution in [0.3, 0.4) is 0 Å². The molecule has 1 aromatic heterocycles. The zero-order valence-corrected chi connectivity index (χ0v) is 13.9. The molecule has 1 aliphatic heterocycles. The number of nitrogens with zero attached hydrogens (tertiary/aromatic N) is 1. The standard InChI is InChI=1S/C16H14ClNO4S/c1-23-15-13(3-2-4-18-15)16(19)21-8-11-6-12(17)5-10-7-20-9-22-14(10)11/h2-6H,7-9H2,1H3. The van der Waals surface area contributed by atoms with E-state index in [-0.39, 0.29) is 13.4 Å². The summed E-state index contributed by atoms with van der Waals surface area (Å²) in [5.74, 6) is 0.243. The Morgan fingerprint density at radius 2 is 2.35 bits per heavy atom. The predicted octanol–water partition coefficient (Wildman–Crippen LogP) is 3.68. The molecule has 0 atom stereocenters. The number of esters is 1. The third-order valence-corrected chi connectivity index (χ3v) is 4.23. The molecule has 0 bridgehead atoms. The maximum absolute atomic E-state index is 12.3. The van der Waals surface area contributed by atoms with Crippen LogP contribution in [0.1, 0.15) is 21.5 Å². The van der Waals surface area contributed by atoms with Gasteiger partial charge in [-0.2, -0.15) is 0 Å². The summed E-state index contributed by atoms with van der Waals surface area (Å²) in [5, 5.41) is 1.19. The fraction of sp³-hybridized carbons (Fsp3) is 0.250. The Morgan fingerprint density at radius 3 is 3.17 bits per heavy atom. The van der Waals surface area contributed by atoms with Crippen molar-refractivity contribution in [3.63, 3.8) is 0 Å². The fourth-order valence-corrected chi connectivity index (χ4v) is 3.09. The van der Waals surface area contributed by atoms with E-state index in [0.29, 0.717) is 28.0 Å². The fourth-order valence-electron chi connectivity index (χ4n) is 2.29. The third-order valence-electron chi connectivity index (χ3n) is 3.29. The van der Waals surface area contributed by atoms with E-state index in [1.165, 1.54) is 11.8 Å². The van der Waals surface area contributed by atoms with E-state index in [1.807, 2.05) is 6.26 Å². The van der Waals surface area contributed by atoms with Gasteiger partial charge in [0, 0.05) is 22.3 Å². The van der Waals surface area contributed by atoms with Crippen molar-refractivity contribution >= 4 is 29.3 Å². The first-order chi connectivity index (χ1) is 11.2. The van der Waals surface area contributed by atoms with E-state index in [0.717, 1.165) is 11.1 Å². The van der Waals surface area contributed by atoms with Gasteiger partial charge in [0.25, 0.3) is 0 Å². The molecule has 3 rings (SSSR count). The molecule has 2 heterocycles. The second-order valence-electron chi connectivity index (χ2n) is 4.80. The van der Waals surface area contributed by atoms with E-state index >= 15 is 0 Å². The zero-order valence-electron chi connectivity index (χ0n) is 12.4. The number of thioether (sulfide) groups is 1. The number of pyridine rings is 1. The molecule has 1 aliphatic rings. The molecule has 0 aliphatic carbocycles. The topological polar surface area (TPSA) is 57.7 Å². The number of hydrogen-bond donors (Lipinski definition) is 0. The smallest absolute Gasteiger partial charge is 0.341 e.